The van der Waals surface area contributed by atoms with Crippen LogP contribution in [0.2, 0.25) is 0 Å². The number of primary amides is 1. The Morgan fingerprint density at radius 3 is 2.33 bits per heavy atom. The second-order valence-corrected chi connectivity index (χ2v) is 6.19. The van der Waals surface area contributed by atoms with Crippen molar-refractivity contribution >= 4 is 34.5 Å². The predicted molar refractivity (Wildman–Crippen MR) is 107 cm³/mol. The second kappa shape index (κ2) is 6.80. The number of benzene rings is 3. The standard InChI is InChI=1S/C22H17N3O2/c23-21(26)15-9-6-10-16(13-15)24-20(14-7-2-1-3-8-14)19-17-11-4-5-12-18(17)25-22(19)27/h1-13,24H,(H2,23,26)(H,25,27). The Balaban J connectivity index is 1.88. The molecule has 0 unspecified atom stereocenters. The zero-order valence-corrected chi connectivity index (χ0v) is 14.4. The minimum Gasteiger partial charge on any atom is -0.366 e. The van der Waals surface area contributed by atoms with Crippen molar-refractivity contribution in [3.8, 4) is 0 Å². The molecule has 3 aromatic carbocycles. The van der Waals surface area contributed by atoms with E-state index in [0.29, 0.717) is 22.5 Å². The lowest BCUT2D eigenvalue weighted by atomic mass is 10.00. The number of anilines is 2. The highest BCUT2D eigenvalue weighted by molar-refractivity contribution is 6.37. The van der Waals surface area contributed by atoms with E-state index in [1.165, 1.54) is 0 Å². The highest BCUT2D eigenvalue weighted by Gasteiger charge is 2.28. The molecular weight excluding hydrogens is 338 g/mol. The van der Waals surface area contributed by atoms with Crippen LogP contribution in [0.4, 0.5) is 11.4 Å². The molecule has 27 heavy (non-hydrogen) atoms. The molecule has 3 aromatic rings. The van der Waals surface area contributed by atoms with E-state index < -0.39 is 5.91 Å². The summed E-state index contributed by atoms with van der Waals surface area (Å²) in [6.45, 7) is 0. The summed E-state index contributed by atoms with van der Waals surface area (Å²) < 4.78 is 0. The number of hydrogen-bond acceptors (Lipinski definition) is 3. The first-order valence-corrected chi connectivity index (χ1v) is 8.51. The molecule has 4 rings (SSSR count). The lowest BCUT2D eigenvalue weighted by Crippen LogP contribution is -2.12. The van der Waals surface area contributed by atoms with E-state index in [4.69, 9.17) is 5.73 Å². The maximum atomic E-state index is 12.7. The van der Waals surface area contributed by atoms with Crippen molar-refractivity contribution in [3.63, 3.8) is 0 Å². The van der Waals surface area contributed by atoms with E-state index in [9.17, 15) is 9.59 Å². The summed E-state index contributed by atoms with van der Waals surface area (Å²) in [5, 5.41) is 6.22. The first-order valence-electron chi connectivity index (χ1n) is 8.51. The molecule has 1 aliphatic rings. The van der Waals surface area contributed by atoms with Gasteiger partial charge in [0.2, 0.25) is 5.91 Å². The zero-order valence-electron chi connectivity index (χ0n) is 14.4. The highest BCUT2D eigenvalue weighted by Crippen LogP contribution is 2.37. The highest BCUT2D eigenvalue weighted by atomic mass is 16.2. The fraction of sp³-hybridized carbons (Fsp3) is 0. The number of para-hydroxylation sites is 1. The molecule has 1 aliphatic heterocycles. The van der Waals surface area contributed by atoms with Crippen molar-refractivity contribution in [1.82, 2.24) is 0 Å². The Bertz CT molecular complexity index is 1070. The average molecular weight is 355 g/mol. The van der Waals surface area contributed by atoms with Crippen molar-refractivity contribution in [1.29, 1.82) is 0 Å². The Morgan fingerprint density at radius 1 is 0.852 bits per heavy atom. The Labute approximate surface area is 156 Å². The SMILES string of the molecule is NC(=O)c1cccc(NC(=C2C(=O)Nc3ccccc32)c2ccccc2)c1. The van der Waals surface area contributed by atoms with Gasteiger partial charge in [0.15, 0.2) is 0 Å². The topological polar surface area (TPSA) is 84.2 Å². The molecule has 0 aromatic heterocycles. The van der Waals surface area contributed by atoms with Crippen LogP contribution in [-0.4, -0.2) is 11.8 Å². The molecule has 0 fully saturated rings. The maximum Gasteiger partial charge on any atom is 0.258 e. The van der Waals surface area contributed by atoms with Crippen LogP contribution in [-0.2, 0) is 4.79 Å². The number of carbonyl (C=O) groups is 2. The Kier molecular flexibility index (Phi) is 4.18. The van der Waals surface area contributed by atoms with Gasteiger partial charge in [0.05, 0.1) is 11.3 Å². The van der Waals surface area contributed by atoms with Gasteiger partial charge in [-0.2, -0.15) is 0 Å². The summed E-state index contributed by atoms with van der Waals surface area (Å²) in [6.07, 6.45) is 0. The first-order chi connectivity index (χ1) is 13.1. The van der Waals surface area contributed by atoms with Crippen LogP contribution in [0.25, 0.3) is 11.3 Å². The van der Waals surface area contributed by atoms with Crippen molar-refractivity contribution in [3.05, 3.63) is 95.6 Å². The minimum atomic E-state index is -0.503. The molecule has 0 atom stereocenters. The van der Waals surface area contributed by atoms with Gasteiger partial charge < -0.3 is 16.4 Å². The van der Waals surface area contributed by atoms with Gasteiger partial charge >= 0.3 is 0 Å². The summed E-state index contributed by atoms with van der Waals surface area (Å²) >= 11 is 0. The van der Waals surface area contributed by atoms with Crippen molar-refractivity contribution in [2.45, 2.75) is 0 Å². The van der Waals surface area contributed by atoms with Gasteiger partial charge in [0.25, 0.3) is 5.91 Å². The van der Waals surface area contributed by atoms with Crippen molar-refractivity contribution in [2.75, 3.05) is 10.6 Å². The van der Waals surface area contributed by atoms with E-state index in [-0.39, 0.29) is 5.91 Å². The van der Waals surface area contributed by atoms with Crippen LogP contribution >= 0.6 is 0 Å². The number of carbonyl (C=O) groups excluding carboxylic acids is 2. The second-order valence-electron chi connectivity index (χ2n) is 6.19. The van der Waals surface area contributed by atoms with Crippen LogP contribution < -0.4 is 16.4 Å². The molecule has 0 radical (unpaired) electrons. The summed E-state index contributed by atoms with van der Waals surface area (Å²) in [4.78, 5) is 24.2. The van der Waals surface area contributed by atoms with Gasteiger partial charge in [-0.25, -0.2) is 0 Å². The lowest BCUT2D eigenvalue weighted by Gasteiger charge is -2.15. The fourth-order valence-electron chi connectivity index (χ4n) is 3.14. The largest absolute Gasteiger partial charge is 0.366 e. The van der Waals surface area contributed by atoms with E-state index >= 15 is 0 Å². The molecule has 0 spiro atoms. The molecule has 0 aliphatic carbocycles. The molecule has 4 N–H and O–H groups in total. The number of nitrogens with one attached hydrogen (secondary N) is 2. The van der Waals surface area contributed by atoms with E-state index in [1.54, 1.807) is 18.2 Å². The summed E-state index contributed by atoms with van der Waals surface area (Å²) in [5.41, 5.74) is 10.2. The normalized spacial score (nSPS) is 14.3. The molecule has 0 bridgehead atoms. The Hall–Kier alpha value is -3.86. The van der Waals surface area contributed by atoms with E-state index in [1.807, 2.05) is 60.7 Å². The quantitative estimate of drug-likeness (QED) is 0.624. The van der Waals surface area contributed by atoms with Gasteiger partial charge in [-0.15, -0.1) is 0 Å². The minimum absolute atomic E-state index is 0.173. The molecule has 2 amide bonds. The lowest BCUT2D eigenvalue weighted by molar-refractivity contribution is -0.110. The number of rotatable bonds is 4. The average Bonchev–Trinajstić information content (AvgIpc) is 3.02. The van der Waals surface area contributed by atoms with Crippen LogP contribution in [0, 0.1) is 0 Å². The monoisotopic (exact) mass is 355 g/mol. The number of fused-ring (bicyclic) bond motifs is 1. The Morgan fingerprint density at radius 2 is 1.56 bits per heavy atom. The van der Waals surface area contributed by atoms with E-state index in [2.05, 4.69) is 10.6 Å². The first kappa shape index (κ1) is 16.6. The van der Waals surface area contributed by atoms with Gasteiger partial charge in [0.1, 0.15) is 0 Å². The van der Waals surface area contributed by atoms with Crippen molar-refractivity contribution in [2.24, 2.45) is 5.73 Å². The molecule has 5 nitrogen and oxygen atoms in total. The number of amides is 2. The van der Waals surface area contributed by atoms with Gasteiger partial charge in [-0.3, -0.25) is 9.59 Å². The fourth-order valence-corrected chi connectivity index (χ4v) is 3.14. The van der Waals surface area contributed by atoms with E-state index in [0.717, 1.165) is 16.8 Å². The van der Waals surface area contributed by atoms with Gasteiger partial charge in [-0.05, 0) is 29.8 Å². The molecule has 1 heterocycles. The molecule has 0 saturated carbocycles. The third kappa shape index (κ3) is 3.18. The number of hydrogen-bond donors (Lipinski definition) is 3. The third-order valence-corrected chi connectivity index (χ3v) is 4.40. The van der Waals surface area contributed by atoms with Crippen LogP contribution in [0.1, 0.15) is 21.5 Å². The summed E-state index contributed by atoms with van der Waals surface area (Å²) in [5.74, 6) is -0.676. The van der Waals surface area contributed by atoms with Gasteiger partial charge in [0, 0.05) is 22.5 Å². The van der Waals surface area contributed by atoms with Crippen molar-refractivity contribution < 1.29 is 9.59 Å². The third-order valence-electron chi connectivity index (χ3n) is 4.40. The molecule has 0 saturated heterocycles. The molecule has 5 heteroatoms. The smallest absolute Gasteiger partial charge is 0.258 e. The maximum absolute atomic E-state index is 12.7. The summed E-state index contributed by atoms with van der Waals surface area (Å²) in [6, 6.07) is 24.1. The number of nitrogens with two attached hydrogens (primary N) is 1. The zero-order chi connectivity index (χ0) is 18.8. The predicted octanol–water partition coefficient (Wildman–Crippen LogP) is 3.72. The van der Waals surface area contributed by atoms with Gasteiger partial charge in [-0.1, -0.05) is 54.6 Å². The van der Waals surface area contributed by atoms with Crippen LogP contribution in [0.5, 0.6) is 0 Å². The van der Waals surface area contributed by atoms with Crippen LogP contribution in [0.3, 0.4) is 0 Å². The van der Waals surface area contributed by atoms with Crippen LogP contribution in [0.15, 0.2) is 78.9 Å². The summed E-state index contributed by atoms with van der Waals surface area (Å²) in [7, 11) is 0. The molecule has 132 valence electrons. The molecular formula is C22H17N3O2.